The summed E-state index contributed by atoms with van der Waals surface area (Å²) >= 11 is 0. The van der Waals surface area contributed by atoms with Crippen molar-refractivity contribution >= 4 is 5.91 Å². The van der Waals surface area contributed by atoms with Crippen LogP contribution >= 0.6 is 0 Å². The van der Waals surface area contributed by atoms with E-state index in [9.17, 15) is 4.79 Å². The van der Waals surface area contributed by atoms with Crippen LogP contribution in [0.4, 0.5) is 0 Å². The zero-order chi connectivity index (χ0) is 7.90. The van der Waals surface area contributed by atoms with Crippen LogP contribution in [0, 0.1) is 0 Å². The highest BCUT2D eigenvalue weighted by molar-refractivity contribution is 5.85. The second-order valence-corrected chi connectivity index (χ2v) is 2.74. The number of hydrogen-bond donors (Lipinski definition) is 1. The van der Waals surface area contributed by atoms with E-state index in [2.05, 4.69) is 10.3 Å². The minimum Gasteiger partial charge on any atom is -0.368 e. The first kappa shape index (κ1) is 6.33. The molecule has 0 aromatic carbocycles. The predicted molar refractivity (Wildman–Crippen MR) is 36.4 cm³/mol. The number of rotatable bonds is 2. The Morgan fingerprint density at radius 1 is 1.64 bits per heavy atom. The summed E-state index contributed by atoms with van der Waals surface area (Å²) in [5, 5.41) is 7.35. The Hall–Kier alpha value is -1.39. The third-order valence-corrected chi connectivity index (χ3v) is 2.04. The summed E-state index contributed by atoms with van der Waals surface area (Å²) in [6.45, 7) is 0. The normalized spacial score (nSPS) is 19.6. The zero-order valence-corrected chi connectivity index (χ0v) is 5.90. The smallest absolute Gasteiger partial charge is 0.245 e. The van der Waals surface area contributed by atoms with E-state index < -0.39 is 5.54 Å². The Kier molecular flexibility index (Phi) is 1.04. The fourth-order valence-corrected chi connectivity index (χ4v) is 1.14. The largest absolute Gasteiger partial charge is 0.368 e. The first-order valence-electron chi connectivity index (χ1n) is 3.42. The summed E-state index contributed by atoms with van der Waals surface area (Å²) in [5.41, 5.74) is 4.65. The molecule has 1 fully saturated rings. The van der Waals surface area contributed by atoms with Crippen LogP contribution in [-0.2, 0) is 10.3 Å². The lowest BCUT2D eigenvalue weighted by Gasteiger charge is -2.08. The molecule has 0 radical (unpaired) electrons. The molecule has 0 aliphatic heterocycles. The molecule has 1 amide bonds. The average molecular weight is 152 g/mol. The van der Waals surface area contributed by atoms with E-state index in [0.29, 0.717) is 0 Å². The standard InChI is InChI=1S/C6H8N4O/c7-5(11)6(1-2-6)10-4-3-8-9-10/h3-4H,1-2H2,(H2,7,11). The number of amides is 1. The number of primary amides is 1. The van der Waals surface area contributed by atoms with Crippen LogP contribution in [0.3, 0.4) is 0 Å². The van der Waals surface area contributed by atoms with Crippen molar-refractivity contribution < 1.29 is 4.79 Å². The van der Waals surface area contributed by atoms with Crippen LogP contribution in [0.2, 0.25) is 0 Å². The fourth-order valence-electron chi connectivity index (χ4n) is 1.14. The van der Waals surface area contributed by atoms with Gasteiger partial charge < -0.3 is 5.73 Å². The lowest BCUT2D eigenvalue weighted by Crippen LogP contribution is -2.34. The van der Waals surface area contributed by atoms with Crippen LogP contribution in [0.15, 0.2) is 12.4 Å². The molecule has 1 saturated carbocycles. The number of hydrogen-bond acceptors (Lipinski definition) is 3. The van der Waals surface area contributed by atoms with Gasteiger partial charge in [-0.05, 0) is 12.8 Å². The molecule has 2 N–H and O–H groups in total. The molecule has 0 saturated heterocycles. The molecule has 1 aliphatic rings. The molecule has 1 aliphatic carbocycles. The Morgan fingerprint density at radius 2 is 2.36 bits per heavy atom. The summed E-state index contributed by atoms with van der Waals surface area (Å²) in [7, 11) is 0. The second kappa shape index (κ2) is 1.81. The molecule has 1 aromatic rings. The maximum absolute atomic E-state index is 10.9. The summed E-state index contributed by atoms with van der Waals surface area (Å²) in [6.07, 6.45) is 4.78. The number of carbonyl (C=O) groups excluding carboxylic acids is 1. The van der Waals surface area contributed by atoms with Crippen molar-refractivity contribution in [2.45, 2.75) is 18.4 Å². The van der Waals surface area contributed by atoms with Crippen molar-refractivity contribution in [3.05, 3.63) is 12.4 Å². The summed E-state index contributed by atoms with van der Waals surface area (Å²) in [4.78, 5) is 10.9. The Morgan fingerprint density at radius 3 is 2.73 bits per heavy atom. The van der Waals surface area contributed by atoms with Crippen LogP contribution in [-0.4, -0.2) is 20.9 Å². The lowest BCUT2D eigenvalue weighted by molar-refractivity contribution is -0.122. The van der Waals surface area contributed by atoms with Crippen molar-refractivity contribution in [1.29, 1.82) is 0 Å². The van der Waals surface area contributed by atoms with E-state index in [1.807, 2.05) is 0 Å². The first-order valence-corrected chi connectivity index (χ1v) is 3.42. The highest BCUT2D eigenvalue weighted by Crippen LogP contribution is 2.42. The highest BCUT2D eigenvalue weighted by Gasteiger charge is 2.51. The molecule has 58 valence electrons. The van der Waals surface area contributed by atoms with Crippen LogP contribution < -0.4 is 5.73 Å². The fraction of sp³-hybridized carbons (Fsp3) is 0.500. The molecule has 1 aromatic heterocycles. The van der Waals surface area contributed by atoms with Crippen molar-refractivity contribution in [2.75, 3.05) is 0 Å². The molecule has 0 spiro atoms. The van der Waals surface area contributed by atoms with E-state index in [1.165, 1.54) is 4.68 Å². The van der Waals surface area contributed by atoms with Gasteiger partial charge in [-0.1, -0.05) is 5.21 Å². The van der Waals surface area contributed by atoms with Crippen LogP contribution in [0.25, 0.3) is 0 Å². The SMILES string of the molecule is NC(=O)C1(n2ccnn2)CC1. The zero-order valence-electron chi connectivity index (χ0n) is 5.90. The van der Waals surface area contributed by atoms with Gasteiger partial charge in [0.25, 0.3) is 0 Å². The van der Waals surface area contributed by atoms with Gasteiger partial charge in [-0.2, -0.15) is 0 Å². The Labute approximate surface area is 63.2 Å². The van der Waals surface area contributed by atoms with Crippen LogP contribution in [0.1, 0.15) is 12.8 Å². The van der Waals surface area contributed by atoms with Gasteiger partial charge in [-0.15, -0.1) is 5.10 Å². The van der Waals surface area contributed by atoms with E-state index >= 15 is 0 Å². The highest BCUT2D eigenvalue weighted by atomic mass is 16.2. The van der Waals surface area contributed by atoms with Crippen molar-refractivity contribution in [1.82, 2.24) is 15.0 Å². The minimum atomic E-state index is -0.545. The molecular formula is C6H8N4O. The molecule has 5 nitrogen and oxygen atoms in total. The Balaban J connectivity index is 2.36. The molecule has 0 atom stereocenters. The maximum atomic E-state index is 10.9. The molecule has 1 heterocycles. The van der Waals surface area contributed by atoms with Gasteiger partial charge in [0, 0.05) is 6.20 Å². The van der Waals surface area contributed by atoms with Gasteiger partial charge in [-0.3, -0.25) is 4.79 Å². The first-order chi connectivity index (χ1) is 5.26. The Bertz CT molecular complexity index is 275. The van der Waals surface area contributed by atoms with Crippen molar-refractivity contribution in [2.24, 2.45) is 5.73 Å². The van der Waals surface area contributed by atoms with Gasteiger partial charge in [-0.25, -0.2) is 4.68 Å². The van der Waals surface area contributed by atoms with E-state index in [1.54, 1.807) is 12.4 Å². The van der Waals surface area contributed by atoms with Gasteiger partial charge in [0.2, 0.25) is 5.91 Å². The number of nitrogens with two attached hydrogens (primary N) is 1. The molecular weight excluding hydrogens is 144 g/mol. The summed E-state index contributed by atoms with van der Waals surface area (Å²) in [5.74, 6) is -0.317. The monoisotopic (exact) mass is 152 g/mol. The summed E-state index contributed by atoms with van der Waals surface area (Å²) < 4.78 is 1.54. The molecule has 0 unspecified atom stereocenters. The second-order valence-electron chi connectivity index (χ2n) is 2.74. The molecule has 11 heavy (non-hydrogen) atoms. The van der Waals surface area contributed by atoms with Crippen molar-refractivity contribution in [3.8, 4) is 0 Å². The average Bonchev–Trinajstić information content (AvgIpc) is 2.61. The summed E-state index contributed by atoms with van der Waals surface area (Å²) in [6, 6.07) is 0. The van der Waals surface area contributed by atoms with Gasteiger partial charge in [0.1, 0.15) is 5.54 Å². The third-order valence-electron chi connectivity index (χ3n) is 2.04. The maximum Gasteiger partial charge on any atom is 0.245 e. The lowest BCUT2D eigenvalue weighted by atomic mass is 10.3. The number of aromatic nitrogens is 3. The van der Waals surface area contributed by atoms with E-state index in [0.717, 1.165) is 12.8 Å². The topological polar surface area (TPSA) is 73.8 Å². The van der Waals surface area contributed by atoms with Gasteiger partial charge in [0.15, 0.2) is 0 Å². The number of carbonyl (C=O) groups is 1. The van der Waals surface area contributed by atoms with E-state index in [-0.39, 0.29) is 5.91 Å². The predicted octanol–water partition coefficient (Wildman–Crippen LogP) is -0.748. The number of nitrogens with zero attached hydrogens (tertiary/aromatic N) is 3. The van der Waals surface area contributed by atoms with E-state index in [4.69, 9.17) is 5.73 Å². The van der Waals surface area contributed by atoms with Crippen LogP contribution in [0.5, 0.6) is 0 Å². The molecule has 2 rings (SSSR count). The molecule has 0 bridgehead atoms. The third kappa shape index (κ3) is 0.736. The van der Waals surface area contributed by atoms with Gasteiger partial charge in [0.05, 0.1) is 6.20 Å². The van der Waals surface area contributed by atoms with Gasteiger partial charge >= 0.3 is 0 Å². The van der Waals surface area contributed by atoms with Crippen molar-refractivity contribution in [3.63, 3.8) is 0 Å². The molecule has 5 heteroatoms. The quantitative estimate of drug-likeness (QED) is 0.606. The minimum absolute atomic E-state index is 0.317.